The molecule has 1 aliphatic heterocycles. The Labute approximate surface area is 187 Å². The van der Waals surface area contributed by atoms with Crippen LogP contribution in [-0.2, 0) is 14.3 Å². The summed E-state index contributed by atoms with van der Waals surface area (Å²) < 4.78 is 5.28. The molecule has 2 atom stereocenters. The number of thioether (sulfide) groups is 1. The monoisotopic (exact) mass is 446 g/mol. The quantitative estimate of drug-likeness (QED) is 0.631. The van der Waals surface area contributed by atoms with Gasteiger partial charge in [-0.05, 0) is 34.9 Å². The zero-order valence-electron chi connectivity index (χ0n) is 17.6. The number of hydrogen-bond acceptors (Lipinski definition) is 5. The van der Waals surface area contributed by atoms with Gasteiger partial charge in [0.15, 0.2) is 0 Å². The number of benzene rings is 1. The number of morpholine rings is 1. The van der Waals surface area contributed by atoms with Gasteiger partial charge in [0.05, 0.1) is 30.8 Å². The summed E-state index contributed by atoms with van der Waals surface area (Å²) >= 11 is 3.00. The van der Waals surface area contributed by atoms with Crippen LogP contribution in [0, 0.1) is 0 Å². The minimum absolute atomic E-state index is 0.0563. The van der Waals surface area contributed by atoms with Crippen molar-refractivity contribution >= 4 is 34.9 Å². The first kappa shape index (κ1) is 22.8. The van der Waals surface area contributed by atoms with Gasteiger partial charge in [-0.2, -0.15) is 0 Å². The molecule has 0 bridgehead atoms. The highest BCUT2D eigenvalue weighted by Gasteiger charge is 2.20. The molecular formula is C23H30N2O3S2. The van der Waals surface area contributed by atoms with Crippen molar-refractivity contribution < 1.29 is 14.3 Å². The lowest BCUT2D eigenvalue weighted by Gasteiger charge is -2.26. The van der Waals surface area contributed by atoms with Crippen molar-refractivity contribution in [3.8, 4) is 0 Å². The van der Waals surface area contributed by atoms with E-state index in [1.807, 2.05) is 22.4 Å². The van der Waals surface area contributed by atoms with Crippen LogP contribution in [0.3, 0.4) is 0 Å². The summed E-state index contributed by atoms with van der Waals surface area (Å²) in [5, 5.41) is 5.18. The minimum Gasteiger partial charge on any atom is -0.378 e. The second-order valence-corrected chi connectivity index (χ2v) is 9.44. The summed E-state index contributed by atoms with van der Waals surface area (Å²) in [5.74, 6) is 1.13. The van der Waals surface area contributed by atoms with Crippen molar-refractivity contribution in [2.75, 3.05) is 37.8 Å². The molecule has 1 aromatic heterocycles. The second-order valence-electron chi connectivity index (χ2n) is 7.48. The summed E-state index contributed by atoms with van der Waals surface area (Å²) in [4.78, 5) is 27.8. The Morgan fingerprint density at radius 2 is 1.83 bits per heavy atom. The van der Waals surface area contributed by atoms with Crippen molar-refractivity contribution in [3.05, 3.63) is 57.8 Å². The van der Waals surface area contributed by atoms with E-state index in [0.717, 1.165) is 16.9 Å². The molecule has 0 saturated carbocycles. The summed E-state index contributed by atoms with van der Waals surface area (Å²) in [5.41, 5.74) is 2.39. The maximum atomic E-state index is 12.6. The molecule has 0 aliphatic carbocycles. The van der Waals surface area contributed by atoms with Gasteiger partial charge in [-0.15, -0.1) is 23.1 Å². The van der Waals surface area contributed by atoms with E-state index in [-0.39, 0.29) is 23.6 Å². The Bertz CT molecular complexity index is 802. The fourth-order valence-electron chi connectivity index (χ4n) is 3.36. The Morgan fingerprint density at radius 1 is 1.13 bits per heavy atom. The smallest absolute Gasteiger partial charge is 0.232 e. The minimum atomic E-state index is -0.168. The van der Waals surface area contributed by atoms with Gasteiger partial charge in [0.2, 0.25) is 11.8 Å². The molecule has 2 unspecified atom stereocenters. The van der Waals surface area contributed by atoms with Gasteiger partial charge >= 0.3 is 0 Å². The van der Waals surface area contributed by atoms with Crippen LogP contribution in [0.5, 0.6) is 0 Å². The number of nitrogens with zero attached hydrogens (tertiary/aromatic N) is 1. The summed E-state index contributed by atoms with van der Waals surface area (Å²) in [6.07, 6.45) is 1.10. The normalized spacial score (nSPS) is 16.1. The number of rotatable bonds is 9. The van der Waals surface area contributed by atoms with Crippen molar-refractivity contribution in [1.29, 1.82) is 0 Å². The molecule has 1 aromatic carbocycles. The molecule has 1 fully saturated rings. The van der Waals surface area contributed by atoms with Crippen molar-refractivity contribution in [2.24, 2.45) is 0 Å². The Balaban J connectivity index is 1.57. The van der Waals surface area contributed by atoms with Crippen LogP contribution in [0.4, 0.5) is 0 Å². The largest absolute Gasteiger partial charge is 0.378 e. The SMILES string of the molecule is CCC(C)c1ccc(C(NC(=O)CSCC(=O)N2CCOCC2)c2cccs2)cc1. The van der Waals surface area contributed by atoms with Crippen LogP contribution in [0.1, 0.15) is 48.2 Å². The fraction of sp³-hybridized carbons (Fsp3) is 0.478. The molecule has 162 valence electrons. The van der Waals surface area contributed by atoms with Crippen LogP contribution >= 0.6 is 23.1 Å². The Hall–Kier alpha value is -1.83. The highest BCUT2D eigenvalue weighted by atomic mass is 32.2. The summed E-state index contributed by atoms with van der Waals surface area (Å²) in [6, 6.07) is 12.4. The lowest BCUT2D eigenvalue weighted by Crippen LogP contribution is -2.41. The van der Waals surface area contributed by atoms with E-state index in [9.17, 15) is 9.59 Å². The summed E-state index contributed by atoms with van der Waals surface area (Å²) in [6.45, 7) is 6.87. The third kappa shape index (κ3) is 6.33. The maximum absolute atomic E-state index is 12.6. The van der Waals surface area contributed by atoms with Gasteiger partial charge in [0.25, 0.3) is 0 Å². The molecule has 1 N–H and O–H groups in total. The molecule has 2 amide bonds. The van der Waals surface area contributed by atoms with Crippen molar-refractivity contribution in [3.63, 3.8) is 0 Å². The summed E-state index contributed by atoms with van der Waals surface area (Å²) in [7, 11) is 0. The lowest BCUT2D eigenvalue weighted by molar-refractivity contribution is -0.132. The molecule has 7 heteroatoms. The molecule has 2 aromatic rings. The van der Waals surface area contributed by atoms with Crippen molar-refractivity contribution in [2.45, 2.75) is 32.2 Å². The van der Waals surface area contributed by atoms with Crippen LogP contribution in [0.15, 0.2) is 41.8 Å². The van der Waals surface area contributed by atoms with Gasteiger partial charge in [-0.25, -0.2) is 0 Å². The molecule has 5 nitrogen and oxygen atoms in total. The van der Waals surface area contributed by atoms with Gasteiger partial charge in [-0.3, -0.25) is 9.59 Å². The fourth-order valence-corrected chi connectivity index (χ4v) is 4.90. The zero-order valence-corrected chi connectivity index (χ0v) is 19.3. The highest BCUT2D eigenvalue weighted by molar-refractivity contribution is 8.00. The maximum Gasteiger partial charge on any atom is 0.232 e. The molecular weight excluding hydrogens is 416 g/mol. The first-order valence-corrected chi connectivity index (χ1v) is 12.5. The average Bonchev–Trinajstić information content (AvgIpc) is 3.32. The molecule has 0 spiro atoms. The molecule has 2 heterocycles. The first-order valence-electron chi connectivity index (χ1n) is 10.4. The lowest BCUT2D eigenvalue weighted by atomic mass is 9.95. The topological polar surface area (TPSA) is 58.6 Å². The van der Waals surface area contributed by atoms with E-state index in [0.29, 0.717) is 38.0 Å². The van der Waals surface area contributed by atoms with Crippen LogP contribution in [0.2, 0.25) is 0 Å². The van der Waals surface area contributed by atoms with Crippen LogP contribution in [0.25, 0.3) is 0 Å². The first-order chi connectivity index (χ1) is 14.6. The average molecular weight is 447 g/mol. The third-order valence-electron chi connectivity index (χ3n) is 5.41. The number of hydrogen-bond donors (Lipinski definition) is 1. The van der Waals surface area contributed by atoms with Gasteiger partial charge in [-0.1, -0.05) is 44.2 Å². The number of amides is 2. The number of thiophene rings is 1. The van der Waals surface area contributed by atoms with Gasteiger partial charge in [0, 0.05) is 18.0 Å². The Kier molecular flexibility index (Phi) is 8.78. The van der Waals surface area contributed by atoms with E-state index in [4.69, 9.17) is 4.74 Å². The molecule has 0 radical (unpaired) electrons. The predicted octanol–water partition coefficient (Wildman–Crippen LogP) is 4.06. The van der Waals surface area contributed by atoms with Crippen LogP contribution in [-0.4, -0.2) is 54.5 Å². The Morgan fingerprint density at radius 3 is 2.47 bits per heavy atom. The van der Waals surface area contributed by atoms with E-state index in [2.05, 4.69) is 43.4 Å². The third-order valence-corrected chi connectivity index (χ3v) is 7.26. The molecule has 1 saturated heterocycles. The van der Waals surface area contributed by atoms with Crippen LogP contribution < -0.4 is 5.32 Å². The standard InChI is InChI=1S/C23H30N2O3S2/c1-3-17(2)18-6-8-19(9-7-18)23(20-5-4-14-30-20)24-21(26)15-29-16-22(27)25-10-12-28-13-11-25/h4-9,14,17,23H,3,10-13,15-16H2,1-2H3,(H,24,26). The molecule has 1 aliphatic rings. The number of carbonyl (C=O) groups is 2. The highest BCUT2D eigenvalue weighted by Crippen LogP contribution is 2.28. The predicted molar refractivity (Wildman–Crippen MR) is 124 cm³/mol. The van der Waals surface area contributed by atoms with E-state index >= 15 is 0 Å². The van der Waals surface area contributed by atoms with E-state index in [1.54, 1.807) is 11.3 Å². The zero-order chi connectivity index (χ0) is 21.3. The number of nitrogens with one attached hydrogen (secondary N) is 1. The number of carbonyl (C=O) groups excluding carboxylic acids is 2. The van der Waals surface area contributed by atoms with Crippen molar-refractivity contribution in [1.82, 2.24) is 10.2 Å². The molecule has 30 heavy (non-hydrogen) atoms. The second kappa shape index (κ2) is 11.5. The van der Waals surface area contributed by atoms with E-state index < -0.39 is 0 Å². The van der Waals surface area contributed by atoms with E-state index in [1.165, 1.54) is 17.3 Å². The van der Waals surface area contributed by atoms with Gasteiger partial charge < -0.3 is 15.0 Å². The van der Waals surface area contributed by atoms with Gasteiger partial charge in [0.1, 0.15) is 0 Å². The number of ether oxygens (including phenoxy) is 1. The molecule has 3 rings (SSSR count).